The van der Waals surface area contributed by atoms with E-state index in [0.717, 1.165) is 64.7 Å². The van der Waals surface area contributed by atoms with Crippen LogP contribution in [0.1, 0.15) is 46.3 Å². The van der Waals surface area contributed by atoms with Gasteiger partial charge in [0.15, 0.2) is 10.9 Å². The number of nitrogens with zero attached hydrogens (tertiary/aromatic N) is 4. The molecule has 3 aromatic heterocycles. The molecule has 8 heteroatoms. The summed E-state index contributed by atoms with van der Waals surface area (Å²) in [5, 5.41) is 2.93. The first-order valence-corrected chi connectivity index (χ1v) is 11.9. The van der Waals surface area contributed by atoms with E-state index in [9.17, 15) is 9.59 Å². The topological polar surface area (TPSA) is 75.9 Å². The molecule has 1 N–H and O–H groups in total. The maximum atomic E-state index is 13.1. The Morgan fingerprint density at radius 3 is 2.66 bits per heavy atom. The van der Waals surface area contributed by atoms with Gasteiger partial charge in [-0.1, -0.05) is 12.1 Å². The van der Waals surface area contributed by atoms with Crippen LogP contribution in [0.25, 0.3) is 16.2 Å². The quantitative estimate of drug-likeness (QED) is 0.467. The number of rotatable bonds is 5. The van der Waals surface area contributed by atoms with Crippen LogP contribution >= 0.6 is 11.3 Å². The van der Waals surface area contributed by atoms with Crippen LogP contribution in [0.5, 0.6) is 0 Å². The van der Waals surface area contributed by atoms with Gasteiger partial charge in [0.05, 0.1) is 23.3 Å². The number of fused-ring (bicyclic) bond motifs is 1. The van der Waals surface area contributed by atoms with Crippen LogP contribution in [-0.2, 0) is 0 Å². The number of carbonyl (C=O) groups excluding carboxylic acids is 1. The van der Waals surface area contributed by atoms with Crippen molar-refractivity contribution in [3.63, 3.8) is 0 Å². The molecule has 0 spiro atoms. The fraction of sp³-hybridized carbons (Fsp3) is 0.375. The predicted molar refractivity (Wildman–Crippen MR) is 127 cm³/mol. The molecule has 0 radical (unpaired) electrons. The van der Waals surface area contributed by atoms with E-state index in [1.165, 1.54) is 0 Å². The van der Waals surface area contributed by atoms with Crippen molar-refractivity contribution in [1.82, 2.24) is 24.0 Å². The first-order valence-electron chi connectivity index (χ1n) is 11.0. The van der Waals surface area contributed by atoms with Crippen molar-refractivity contribution in [2.24, 2.45) is 0 Å². The summed E-state index contributed by atoms with van der Waals surface area (Å²) in [5.74, 6) is 0.139. The Kier molecular flexibility index (Phi) is 5.35. The van der Waals surface area contributed by atoms with Gasteiger partial charge in [-0.2, -0.15) is 0 Å². The number of Topliss-reactive ketones (excluding diaryl/α,β-unsaturated/α-hetero) is 1. The molecule has 1 aromatic carbocycles. The summed E-state index contributed by atoms with van der Waals surface area (Å²) in [7, 11) is 0. The zero-order chi connectivity index (χ0) is 22.4. The molecule has 0 bridgehead atoms. The molecule has 166 valence electrons. The molecule has 4 heterocycles. The standard InChI is InChI=1S/C24H27N5O2S/c1-15-14-32-24(25-15)28-16(2)12-19(17(28)3)22(30)13-27-10-8-18(9-11-27)29-21-7-5-4-6-20(21)26-23(29)31/h4-7,12,14,18H,8-11,13H2,1-3H3,(H,26,31). The van der Waals surface area contributed by atoms with E-state index in [1.807, 2.05) is 61.1 Å². The second kappa shape index (κ2) is 8.18. The van der Waals surface area contributed by atoms with Gasteiger partial charge >= 0.3 is 5.69 Å². The highest BCUT2D eigenvalue weighted by atomic mass is 32.1. The number of benzene rings is 1. The van der Waals surface area contributed by atoms with Crippen molar-refractivity contribution in [2.75, 3.05) is 19.6 Å². The number of aryl methyl sites for hydroxylation is 2. The van der Waals surface area contributed by atoms with Crippen molar-refractivity contribution >= 4 is 28.2 Å². The van der Waals surface area contributed by atoms with Gasteiger partial charge in [-0.3, -0.25) is 18.8 Å². The van der Waals surface area contributed by atoms with E-state index in [-0.39, 0.29) is 17.5 Å². The Morgan fingerprint density at radius 1 is 1.19 bits per heavy atom. The SMILES string of the molecule is Cc1csc(-n2c(C)cc(C(=O)CN3CCC(n4c(=O)[nH]c5ccccc54)CC3)c2C)n1. The van der Waals surface area contributed by atoms with Gasteiger partial charge in [-0.05, 0) is 51.8 Å². The fourth-order valence-corrected chi connectivity index (χ4v) is 5.76. The number of H-pyrrole nitrogens is 1. The number of aromatic amines is 1. The van der Waals surface area contributed by atoms with Crippen molar-refractivity contribution < 1.29 is 4.79 Å². The Morgan fingerprint density at radius 2 is 1.94 bits per heavy atom. The van der Waals surface area contributed by atoms with E-state index in [0.29, 0.717) is 6.54 Å². The third-order valence-electron chi connectivity index (χ3n) is 6.44. The minimum Gasteiger partial charge on any atom is -0.306 e. The minimum atomic E-state index is -0.0504. The molecule has 0 unspecified atom stereocenters. The number of carbonyl (C=O) groups is 1. The molecule has 7 nitrogen and oxygen atoms in total. The third kappa shape index (κ3) is 3.63. The van der Waals surface area contributed by atoms with Crippen LogP contribution in [0.4, 0.5) is 0 Å². The summed E-state index contributed by atoms with van der Waals surface area (Å²) in [6.45, 7) is 7.99. The molecule has 0 aliphatic carbocycles. The number of imidazole rings is 1. The Bertz CT molecular complexity index is 1350. The van der Waals surface area contributed by atoms with E-state index in [1.54, 1.807) is 11.3 Å². The monoisotopic (exact) mass is 449 g/mol. The second-order valence-electron chi connectivity index (χ2n) is 8.64. The van der Waals surface area contributed by atoms with Crippen LogP contribution in [0.3, 0.4) is 0 Å². The molecule has 1 saturated heterocycles. The summed E-state index contributed by atoms with van der Waals surface area (Å²) < 4.78 is 3.96. The first kappa shape index (κ1) is 20.9. The Balaban J connectivity index is 1.28. The normalized spacial score (nSPS) is 15.6. The molecule has 5 rings (SSSR count). The average Bonchev–Trinajstić information content (AvgIpc) is 3.43. The summed E-state index contributed by atoms with van der Waals surface area (Å²) >= 11 is 1.59. The number of nitrogens with one attached hydrogen (secondary N) is 1. The number of hydrogen-bond donors (Lipinski definition) is 1. The van der Waals surface area contributed by atoms with Gasteiger partial charge in [0.2, 0.25) is 0 Å². The van der Waals surface area contributed by atoms with Crippen LogP contribution in [0, 0.1) is 20.8 Å². The summed E-state index contributed by atoms with van der Waals surface area (Å²) in [4.78, 5) is 35.4. The van der Waals surface area contributed by atoms with Crippen molar-refractivity contribution in [3.8, 4) is 5.13 Å². The highest BCUT2D eigenvalue weighted by molar-refractivity contribution is 7.12. The van der Waals surface area contributed by atoms with Crippen molar-refractivity contribution in [3.05, 3.63) is 68.8 Å². The highest BCUT2D eigenvalue weighted by Crippen LogP contribution is 2.27. The minimum absolute atomic E-state index is 0.0504. The van der Waals surface area contributed by atoms with E-state index in [4.69, 9.17) is 0 Å². The van der Waals surface area contributed by atoms with E-state index < -0.39 is 0 Å². The van der Waals surface area contributed by atoms with Gasteiger partial charge < -0.3 is 4.98 Å². The molecule has 1 aliphatic heterocycles. The number of para-hydroxylation sites is 2. The average molecular weight is 450 g/mol. The fourth-order valence-electron chi connectivity index (χ4n) is 4.84. The van der Waals surface area contributed by atoms with Gasteiger partial charge in [0, 0.05) is 41.5 Å². The molecular formula is C24H27N5O2S. The number of aromatic nitrogens is 4. The molecule has 1 aliphatic rings. The molecule has 0 saturated carbocycles. The molecule has 32 heavy (non-hydrogen) atoms. The predicted octanol–water partition coefficient (Wildman–Crippen LogP) is 4.02. The number of thiazole rings is 1. The number of piperidine rings is 1. The van der Waals surface area contributed by atoms with Gasteiger partial charge in [-0.15, -0.1) is 11.3 Å². The lowest BCUT2D eigenvalue weighted by Gasteiger charge is -2.32. The van der Waals surface area contributed by atoms with Gasteiger partial charge in [-0.25, -0.2) is 9.78 Å². The number of likely N-dealkylation sites (tertiary alicyclic amines) is 1. The van der Waals surface area contributed by atoms with Crippen LogP contribution in [0.15, 0.2) is 40.5 Å². The zero-order valence-corrected chi connectivity index (χ0v) is 19.4. The van der Waals surface area contributed by atoms with Crippen molar-refractivity contribution in [2.45, 2.75) is 39.7 Å². The van der Waals surface area contributed by atoms with Gasteiger partial charge in [0.25, 0.3) is 0 Å². The Labute approximate surface area is 190 Å². The summed E-state index contributed by atoms with van der Waals surface area (Å²) in [6, 6.07) is 9.95. The largest absolute Gasteiger partial charge is 0.326 e. The van der Waals surface area contributed by atoms with Crippen LogP contribution in [-0.4, -0.2) is 49.4 Å². The van der Waals surface area contributed by atoms with Gasteiger partial charge in [0.1, 0.15) is 0 Å². The molecule has 0 atom stereocenters. The third-order valence-corrected chi connectivity index (χ3v) is 7.39. The second-order valence-corrected chi connectivity index (χ2v) is 9.48. The highest BCUT2D eigenvalue weighted by Gasteiger charge is 2.26. The van der Waals surface area contributed by atoms with E-state index >= 15 is 0 Å². The number of hydrogen-bond acceptors (Lipinski definition) is 5. The molecule has 4 aromatic rings. The zero-order valence-electron chi connectivity index (χ0n) is 18.6. The lowest BCUT2D eigenvalue weighted by atomic mass is 10.0. The lowest BCUT2D eigenvalue weighted by Crippen LogP contribution is -2.39. The summed E-state index contributed by atoms with van der Waals surface area (Å²) in [5.41, 5.74) is 5.51. The molecular weight excluding hydrogens is 422 g/mol. The van der Waals surface area contributed by atoms with Crippen molar-refractivity contribution in [1.29, 1.82) is 0 Å². The van der Waals surface area contributed by atoms with Crippen LogP contribution < -0.4 is 5.69 Å². The maximum Gasteiger partial charge on any atom is 0.326 e. The molecule has 0 amide bonds. The Hall–Kier alpha value is -2.97. The summed E-state index contributed by atoms with van der Waals surface area (Å²) in [6.07, 6.45) is 1.71. The lowest BCUT2D eigenvalue weighted by molar-refractivity contribution is 0.0897. The van der Waals surface area contributed by atoms with Crippen LogP contribution in [0.2, 0.25) is 0 Å². The first-order chi connectivity index (χ1) is 15.4. The smallest absolute Gasteiger partial charge is 0.306 e. The van der Waals surface area contributed by atoms with E-state index in [2.05, 4.69) is 19.4 Å². The molecule has 1 fully saturated rings. The maximum absolute atomic E-state index is 13.1. The number of ketones is 1.